The Morgan fingerprint density at radius 3 is 2.64 bits per heavy atom. The first-order valence-corrected chi connectivity index (χ1v) is 6.43. The number of pyridine rings is 1. The SMILES string of the molecule is CN(C(=O)c1nc(-c2ccncc2)no1)c1ccccc1F. The molecule has 1 amide bonds. The number of anilines is 1. The molecule has 0 saturated heterocycles. The van der Waals surface area contributed by atoms with E-state index in [4.69, 9.17) is 4.52 Å². The van der Waals surface area contributed by atoms with Gasteiger partial charge in [-0.25, -0.2) is 4.39 Å². The molecule has 110 valence electrons. The molecule has 3 rings (SSSR count). The molecule has 6 nitrogen and oxygen atoms in total. The van der Waals surface area contributed by atoms with Crippen LogP contribution in [0.2, 0.25) is 0 Å². The van der Waals surface area contributed by atoms with Crippen molar-refractivity contribution in [2.75, 3.05) is 11.9 Å². The van der Waals surface area contributed by atoms with Gasteiger partial charge in [-0.2, -0.15) is 4.98 Å². The highest BCUT2D eigenvalue weighted by atomic mass is 19.1. The van der Waals surface area contributed by atoms with Gasteiger partial charge in [0.1, 0.15) is 5.82 Å². The second-order valence-corrected chi connectivity index (χ2v) is 4.47. The fourth-order valence-corrected chi connectivity index (χ4v) is 1.91. The van der Waals surface area contributed by atoms with Gasteiger partial charge in [-0.05, 0) is 24.3 Å². The standard InChI is InChI=1S/C15H11FN4O2/c1-20(12-5-3-2-4-11(12)16)15(21)14-18-13(19-22-14)10-6-8-17-9-7-10/h2-9H,1H3. The Balaban J connectivity index is 1.87. The van der Waals surface area contributed by atoms with Gasteiger partial charge in [-0.1, -0.05) is 17.3 Å². The van der Waals surface area contributed by atoms with Crippen LogP contribution < -0.4 is 4.90 Å². The fraction of sp³-hybridized carbons (Fsp3) is 0.0667. The zero-order chi connectivity index (χ0) is 15.5. The van der Waals surface area contributed by atoms with Gasteiger partial charge in [0.15, 0.2) is 0 Å². The number of para-hydroxylation sites is 1. The molecule has 3 aromatic rings. The van der Waals surface area contributed by atoms with Crippen LogP contribution in [0.4, 0.5) is 10.1 Å². The van der Waals surface area contributed by atoms with Crippen molar-refractivity contribution < 1.29 is 13.7 Å². The van der Waals surface area contributed by atoms with Crippen LogP contribution in [0.25, 0.3) is 11.4 Å². The summed E-state index contributed by atoms with van der Waals surface area (Å²) in [4.78, 5) is 21.3. The maximum absolute atomic E-state index is 13.7. The van der Waals surface area contributed by atoms with Crippen molar-refractivity contribution in [3.05, 3.63) is 60.5 Å². The molecule has 0 N–H and O–H groups in total. The number of hydrogen-bond donors (Lipinski definition) is 0. The smallest absolute Gasteiger partial charge is 0.316 e. The highest BCUT2D eigenvalue weighted by Crippen LogP contribution is 2.20. The van der Waals surface area contributed by atoms with Gasteiger partial charge in [-0.15, -0.1) is 0 Å². The Labute approximate surface area is 125 Å². The van der Waals surface area contributed by atoms with E-state index in [1.807, 2.05) is 0 Å². The quantitative estimate of drug-likeness (QED) is 0.743. The third kappa shape index (κ3) is 2.56. The molecule has 0 atom stereocenters. The molecule has 0 fully saturated rings. The van der Waals surface area contributed by atoms with Crippen molar-refractivity contribution >= 4 is 11.6 Å². The molecule has 2 aromatic heterocycles. The molecule has 0 unspecified atom stereocenters. The van der Waals surface area contributed by atoms with Crippen molar-refractivity contribution in [3.63, 3.8) is 0 Å². The van der Waals surface area contributed by atoms with Gasteiger partial charge < -0.3 is 9.42 Å². The van der Waals surface area contributed by atoms with Crippen molar-refractivity contribution in [1.29, 1.82) is 0 Å². The zero-order valence-corrected chi connectivity index (χ0v) is 11.6. The second kappa shape index (κ2) is 5.72. The van der Waals surface area contributed by atoms with Crippen molar-refractivity contribution in [2.24, 2.45) is 0 Å². The number of aromatic nitrogens is 3. The van der Waals surface area contributed by atoms with Gasteiger partial charge in [0.05, 0.1) is 5.69 Å². The summed E-state index contributed by atoms with van der Waals surface area (Å²) < 4.78 is 18.7. The minimum absolute atomic E-state index is 0.135. The molecule has 2 heterocycles. The predicted octanol–water partition coefficient (Wildman–Crippen LogP) is 2.55. The summed E-state index contributed by atoms with van der Waals surface area (Å²) in [5.74, 6) is -1.03. The third-order valence-electron chi connectivity index (χ3n) is 3.07. The maximum atomic E-state index is 13.7. The monoisotopic (exact) mass is 298 g/mol. The van der Waals surface area contributed by atoms with Gasteiger partial charge in [0.25, 0.3) is 0 Å². The number of halogens is 1. The average Bonchev–Trinajstić information content (AvgIpc) is 3.05. The Morgan fingerprint density at radius 2 is 1.91 bits per heavy atom. The molecular formula is C15H11FN4O2. The molecule has 0 bridgehead atoms. The van der Waals surface area contributed by atoms with E-state index in [1.165, 1.54) is 19.2 Å². The molecule has 0 saturated carbocycles. The summed E-state index contributed by atoms with van der Waals surface area (Å²) in [6.45, 7) is 0. The van der Waals surface area contributed by atoms with Crippen LogP contribution in [0.3, 0.4) is 0 Å². The topological polar surface area (TPSA) is 72.1 Å². The van der Waals surface area contributed by atoms with Crippen LogP contribution in [-0.4, -0.2) is 28.1 Å². The molecule has 0 radical (unpaired) electrons. The van der Waals surface area contributed by atoms with Crippen molar-refractivity contribution in [2.45, 2.75) is 0 Å². The second-order valence-electron chi connectivity index (χ2n) is 4.47. The first kappa shape index (κ1) is 13.9. The first-order valence-electron chi connectivity index (χ1n) is 6.43. The third-order valence-corrected chi connectivity index (χ3v) is 3.07. The largest absolute Gasteiger partial charge is 0.328 e. The predicted molar refractivity (Wildman–Crippen MR) is 76.7 cm³/mol. The normalized spacial score (nSPS) is 10.5. The van der Waals surface area contributed by atoms with E-state index in [0.717, 1.165) is 4.90 Å². The highest BCUT2D eigenvalue weighted by molar-refractivity contribution is 6.02. The van der Waals surface area contributed by atoms with E-state index in [-0.39, 0.29) is 17.4 Å². The maximum Gasteiger partial charge on any atom is 0.316 e. The molecule has 0 aliphatic heterocycles. The fourth-order valence-electron chi connectivity index (χ4n) is 1.91. The van der Waals surface area contributed by atoms with Crippen molar-refractivity contribution in [3.8, 4) is 11.4 Å². The number of amides is 1. The Kier molecular flexibility index (Phi) is 3.61. The van der Waals surface area contributed by atoms with E-state index >= 15 is 0 Å². The van der Waals surface area contributed by atoms with Crippen LogP contribution in [0.15, 0.2) is 53.3 Å². The lowest BCUT2D eigenvalue weighted by Gasteiger charge is -2.15. The van der Waals surface area contributed by atoms with E-state index in [2.05, 4.69) is 15.1 Å². The van der Waals surface area contributed by atoms with Gasteiger partial charge >= 0.3 is 11.8 Å². The summed E-state index contributed by atoms with van der Waals surface area (Å²) >= 11 is 0. The van der Waals surface area contributed by atoms with Crippen LogP contribution in [0.1, 0.15) is 10.7 Å². The van der Waals surface area contributed by atoms with Gasteiger partial charge in [-0.3, -0.25) is 9.78 Å². The molecule has 0 aliphatic rings. The molecular weight excluding hydrogens is 287 g/mol. The molecule has 7 heteroatoms. The van der Waals surface area contributed by atoms with Gasteiger partial charge in [0.2, 0.25) is 5.82 Å². The van der Waals surface area contributed by atoms with E-state index < -0.39 is 11.7 Å². The number of nitrogens with zero attached hydrogens (tertiary/aromatic N) is 4. The summed E-state index contributed by atoms with van der Waals surface area (Å²) in [5.41, 5.74) is 0.808. The lowest BCUT2D eigenvalue weighted by Crippen LogP contribution is -2.27. The molecule has 0 spiro atoms. The first-order chi connectivity index (χ1) is 10.7. The minimum Gasteiger partial charge on any atom is -0.328 e. The van der Waals surface area contributed by atoms with E-state index in [0.29, 0.717) is 5.56 Å². The highest BCUT2D eigenvalue weighted by Gasteiger charge is 2.22. The molecule has 0 aliphatic carbocycles. The molecule has 22 heavy (non-hydrogen) atoms. The lowest BCUT2D eigenvalue weighted by atomic mass is 10.2. The summed E-state index contributed by atoms with van der Waals surface area (Å²) in [6, 6.07) is 9.34. The number of rotatable bonds is 3. The number of carbonyl (C=O) groups excluding carboxylic acids is 1. The van der Waals surface area contributed by atoms with Crippen LogP contribution in [0.5, 0.6) is 0 Å². The van der Waals surface area contributed by atoms with Crippen LogP contribution in [0, 0.1) is 5.82 Å². The Hall–Kier alpha value is -3.09. The Bertz CT molecular complexity index is 804. The molecule has 1 aromatic carbocycles. The van der Waals surface area contributed by atoms with Gasteiger partial charge in [0, 0.05) is 25.0 Å². The Morgan fingerprint density at radius 1 is 1.18 bits per heavy atom. The number of benzene rings is 1. The number of hydrogen-bond acceptors (Lipinski definition) is 5. The summed E-state index contributed by atoms with van der Waals surface area (Å²) in [7, 11) is 1.44. The van der Waals surface area contributed by atoms with E-state index in [1.54, 1.807) is 36.7 Å². The van der Waals surface area contributed by atoms with Crippen molar-refractivity contribution in [1.82, 2.24) is 15.1 Å². The minimum atomic E-state index is -0.585. The summed E-state index contributed by atoms with van der Waals surface area (Å²) in [6.07, 6.45) is 3.16. The zero-order valence-electron chi connectivity index (χ0n) is 11.6. The lowest BCUT2D eigenvalue weighted by molar-refractivity contribution is 0.0950. The van der Waals surface area contributed by atoms with E-state index in [9.17, 15) is 9.18 Å². The van der Waals surface area contributed by atoms with Crippen LogP contribution >= 0.6 is 0 Å². The average molecular weight is 298 g/mol. The number of carbonyl (C=O) groups is 1. The van der Waals surface area contributed by atoms with Crippen LogP contribution in [-0.2, 0) is 0 Å². The summed E-state index contributed by atoms with van der Waals surface area (Å²) in [5, 5.41) is 3.75.